The van der Waals surface area contributed by atoms with Gasteiger partial charge in [-0.05, 0) is 49.7 Å². The number of hydrogen-bond donors (Lipinski definition) is 1. The summed E-state index contributed by atoms with van der Waals surface area (Å²) >= 11 is 3.53. The van der Waals surface area contributed by atoms with Gasteiger partial charge in [0.25, 0.3) is 0 Å². The number of benzene rings is 2. The minimum absolute atomic E-state index is 0.00772. The molecule has 0 bridgehead atoms. The molecular weight excluding hydrogens is 371 g/mol. The summed E-state index contributed by atoms with van der Waals surface area (Å²) in [6.45, 7) is 3.12. The zero-order valence-electron chi connectivity index (χ0n) is 13.9. The summed E-state index contributed by atoms with van der Waals surface area (Å²) in [5.41, 5.74) is 2.15. The van der Waals surface area contributed by atoms with E-state index >= 15 is 0 Å². The van der Waals surface area contributed by atoms with Crippen LogP contribution in [-0.4, -0.2) is 30.4 Å². The second-order valence-corrected chi connectivity index (χ2v) is 6.70. The number of nitrogens with one attached hydrogen (secondary N) is 1. The van der Waals surface area contributed by atoms with Crippen LogP contribution in [0, 0.1) is 5.82 Å². The third-order valence-corrected chi connectivity index (χ3v) is 4.82. The van der Waals surface area contributed by atoms with Crippen LogP contribution in [0.2, 0.25) is 0 Å². The zero-order valence-corrected chi connectivity index (χ0v) is 15.5. The minimum Gasteiger partial charge on any atom is -0.354 e. The summed E-state index contributed by atoms with van der Waals surface area (Å²) in [6, 6.07) is 14.1. The van der Waals surface area contributed by atoms with Crippen molar-refractivity contribution >= 4 is 21.8 Å². The molecule has 0 aliphatic rings. The first-order chi connectivity index (χ1) is 11.5. The minimum atomic E-state index is -0.245. The van der Waals surface area contributed by atoms with Crippen molar-refractivity contribution in [3.8, 4) is 0 Å². The van der Waals surface area contributed by atoms with Crippen LogP contribution >= 0.6 is 15.9 Å². The molecule has 2 rings (SSSR count). The number of amides is 1. The molecule has 3 nitrogen and oxygen atoms in total. The number of hydrogen-bond acceptors (Lipinski definition) is 2. The molecule has 0 heterocycles. The molecule has 24 heavy (non-hydrogen) atoms. The Labute approximate surface area is 151 Å². The van der Waals surface area contributed by atoms with Gasteiger partial charge in [0, 0.05) is 17.6 Å². The first-order valence-electron chi connectivity index (χ1n) is 7.93. The Morgan fingerprint density at radius 3 is 2.54 bits per heavy atom. The molecule has 1 atom stereocenters. The molecule has 0 saturated heterocycles. The van der Waals surface area contributed by atoms with Crippen LogP contribution in [0.5, 0.6) is 0 Å². The highest BCUT2D eigenvalue weighted by molar-refractivity contribution is 9.10. The summed E-state index contributed by atoms with van der Waals surface area (Å²) in [5, 5.41) is 2.94. The Morgan fingerprint density at radius 2 is 1.88 bits per heavy atom. The van der Waals surface area contributed by atoms with Crippen molar-refractivity contribution in [2.45, 2.75) is 25.9 Å². The molecule has 0 saturated carbocycles. The maximum Gasteiger partial charge on any atom is 0.237 e. The number of halogens is 2. The van der Waals surface area contributed by atoms with Gasteiger partial charge in [-0.25, -0.2) is 4.39 Å². The molecule has 0 fully saturated rings. The maximum absolute atomic E-state index is 12.9. The van der Waals surface area contributed by atoms with Gasteiger partial charge in [0.15, 0.2) is 0 Å². The highest BCUT2D eigenvalue weighted by Gasteiger charge is 2.18. The molecule has 2 aromatic rings. The molecule has 2 aromatic carbocycles. The van der Waals surface area contributed by atoms with Gasteiger partial charge in [0.1, 0.15) is 5.82 Å². The van der Waals surface area contributed by atoms with E-state index in [1.807, 2.05) is 43.1 Å². The van der Waals surface area contributed by atoms with Gasteiger partial charge in [-0.15, -0.1) is 0 Å². The van der Waals surface area contributed by atoms with E-state index in [4.69, 9.17) is 0 Å². The van der Waals surface area contributed by atoms with Crippen molar-refractivity contribution < 1.29 is 9.18 Å². The van der Waals surface area contributed by atoms with Gasteiger partial charge in [0.2, 0.25) is 5.91 Å². The van der Waals surface area contributed by atoms with E-state index in [0.717, 1.165) is 15.6 Å². The number of rotatable bonds is 7. The topological polar surface area (TPSA) is 32.3 Å². The van der Waals surface area contributed by atoms with Gasteiger partial charge in [-0.1, -0.05) is 46.3 Å². The van der Waals surface area contributed by atoms with Crippen LogP contribution in [0.25, 0.3) is 0 Å². The summed E-state index contributed by atoms with van der Waals surface area (Å²) in [4.78, 5) is 14.3. The van der Waals surface area contributed by atoms with E-state index in [9.17, 15) is 9.18 Å². The maximum atomic E-state index is 12.9. The van der Waals surface area contributed by atoms with Crippen LogP contribution < -0.4 is 5.32 Å². The monoisotopic (exact) mass is 392 g/mol. The predicted octanol–water partition coefficient (Wildman–Crippen LogP) is 3.77. The van der Waals surface area contributed by atoms with Crippen molar-refractivity contribution in [3.05, 3.63) is 69.9 Å². The fraction of sp³-hybridized carbons (Fsp3) is 0.316. The molecule has 5 heteroatoms. The first kappa shape index (κ1) is 18.6. The molecule has 0 aromatic heterocycles. The predicted molar refractivity (Wildman–Crippen MR) is 98.2 cm³/mol. The fourth-order valence-electron chi connectivity index (χ4n) is 2.36. The Bertz CT molecular complexity index is 675. The summed E-state index contributed by atoms with van der Waals surface area (Å²) in [5.74, 6) is -0.253. The lowest BCUT2D eigenvalue weighted by atomic mass is 10.1. The van der Waals surface area contributed by atoms with E-state index in [1.165, 1.54) is 12.1 Å². The van der Waals surface area contributed by atoms with Gasteiger partial charge < -0.3 is 5.32 Å². The molecule has 1 amide bonds. The standard InChI is InChI=1S/C19H22BrFN2O/c1-14(23(2)13-16-5-3-4-6-18(16)20)19(24)22-12-11-15-7-9-17(21)10-8-15/h3-10,14H,11-13H2,1-2H3,(H,22,24). The molecule has 1 unspecified atom stereocenters. The van der Waals surface area contributed by atoms with Crippen molar-refractivity contribution in [1.29, 1.82) is 0 Å². The van der Waals surface area contributed by atoms with Gasteiger partial charge in [-0.3, -0.25) is 9.69 Å². The van der Waals surface area contributed by atoms with E-state index in [-0.39, 0.29) is 17.8 Å². The molecule has 1 N–H and O–H groups in total. The van der Waals surface area contributed by atoms with Crippen LogP contribution in [-0.2, 0) is 17.8 Å². The Balaban J connectivity index is 1.80. The summed E-state index contributed by atoms with van der Waals surface area (Å²) < 4.78 is 13.9. The molecule has 0 aliphatic heterocycles. The number of carbonyl (C=O) groups is 1. The fourth-order valence-corrected chi connectivity index (χ4v) is 2.77. The van der Waals surface area contributed by atoms with Crippen molar-refractivity contribution in [3.63, 3.8) is 0 Å². The Hall–Kier alpha value is -1.72. The van der Waals surface area contributed by atoms with Crippen molar-refractivity contribution in [2.75, 3.05) is 13.6 Å². The largest absolute Gasteiger partial charge is 0.354 e. The molecule has 0 radical (unpaired) electrons. The Kier molecular flexibility index (Phi) is 6.94. The molecule has 0 spiro atoms. The van der Waals surface area contributed by atoms with Crippen LogP contribution in [0.3, 0.4) is 0 Å². The lowest BCUT2D eigenvalue weighted by Crippen LogP contribution is -2.43. The number of likely N-dealkylation sites (N-methyl/N-ethyl adjacent to an activating group) is 1. The summed E-state index contributed by atoms with van der Waals surface area (Å²) in [6.07, 6.45) is 0.687. The quantitative estimate of drug-likeness (QED) is 0.777. The van der Waals surface area contributed by atoms with Gasteiger partial charge >= 0.3 is 0 Å². The Morgan fingerprint density at radius 1 is 1.21 bits per heavy atom. The SMILES string of the molecule is CC(C(=O)NCCc1ccc(F)cc1)N(C)Cc1ccccc1Br. The molecular formula is C19H22BrFN2O. The highest BCUT2D eigenvalue weighted by atomic mass is 79.9. The third-order valence-electron chi connectivity index (χ3n) is 4.04. The average Bonchev–Trinajstić information content (AvgIpc) is 2.58. The van der Waals surface area contributed by atoms with Crippen molar-refractivity contribution in [2.24, 2.45) is 0 Å². The average molecular weight is 393 g/mol. The lowest BCUT2D eigenvalue weighted by Gasteiger charge is -2.24. The van der Waals surface area contributed by atoms with E-state index in [1.54, 1.807) is 12.1 Å². The first-order valence-corrected chi connectivity index (χ1v) is 8.72. The van der Waals surface area contributed by atoms with Crippen LogP contribution in [0.15, 0.2) is 53.0 Å². The van der Waals surface area contributed by atoms with E-state index in [0.29, 0.717) is 19.5 Å². The lowest BCUT2D eigenvalue weighted by molar-refractivity contribution is -0.125. The van der Waals surface area contributed by atoms with Gasteiger partial charge in [0.05, 0.1) is 6.04 Å². The molecule has 0 aliphatic carbocycles. The highest BCUT2D eigenvalue weighted by Crippen LogP contribution is 2.18. The van der Waals surface area contributed by atoms with E-state index < -0.39 is 0 Å². The summed E-state index contributed by atoms with van der Waals surface area (Å²) in [7, 11) is 1.93. The van der Waals surface area contributed by atoms with E-state index in [2.05, 4.69) is 21.2 Å². The zero-order chi connectivity index (χ0) is 17.5. The smallest absolute Gasteiger partial charge is 0.237 e. The van der Waals surface area contributed by atoms with Crippen LogP contribution in [0.1, 0.15) is 18.1 Å². The number of carbonyl (C=O) groups excluding carboxylic acids is 1. The van der Waals surface area contributed by atoms with Crippen LogP contribution in [0.4, 0.5) is 4.39 Å². The second-order valence-electron chi connectivity index (χ2n) is 5.85. The van der Waals surface area contributed by atoms with Crippen molar-refractivity contribution in [1.82, 2.24) is 10.2 Å². The number of nitrogens with zero attached hydrogens (tertiary/aromatic N) is 1. The third kappa shape index (κ3) is 5.42. The second kappa shape index (κ2) is 8.94. The van der Waals surface area contributed by atoms with Gasteiger partial charge in [-0.2, -0.15) is 0 Å². The normalized spacial score (nSPS) is 12.2. The molecule has 128 valence electrons.